The molecule has 2 fully saturated rings. The molecule has 2 atom stereocenters. The van der Waals surface area contributed by atoms with Crippen LogP contribution in [0.1, 0.15) is 52.1 Å². The smallest absolute Gasteiger partial charge is 0.434 e. The first-order valence-corrected chi connectivity index (χ1v) is 9.02. The summed E-state index contributed by atoms with van der Waals surface area (Å²) in [4.78, 5) is 9.57. The van der Waals surface area contributed by atoms with Crippen LogP contribution >= 0.6 is 0 Å². The molecule has 0 saturated carbocycles. The molecule has 2 aliphatic heterocycles. The number of ether oxygens (including phenoxy) is 2. The van der Waals surface area contributed by atoms with E-state index in [-0.39, 0.29) is 23.1 Å². The molecule has 0 N–H and O–H groups in total. The van der Waals surface area contributed by atoms with Crippen molar-refractivity contribution in [3.63, 3.8) is 0 Å². The van der Waals surface area contributed by atoms with Gasteiger partial charge in [-0.1, -0.05) is 0 Å². The van der Waals surface area contributed by atoms with E-state index in [0.717, 1.165) is 38.4 Å². The molecule has 8 heteroatoms. The van der Waals surface area contributed by atoms with Crippen molar-refractivity contribution in [1.82, 2.24) is 14.9 Å². The van der Waals surface area contributed by atoms with E-state index in [0.29, 0.717) is 19.4 Å². The number of aromatic nitrogens is 2. The second kappa shape index (κ2) is 6.96. The van der Waals surface area contributed by atoms with E-state index in [4.69, 9.17) is 9.47 Å². The molecule has 26 heavy (non-hydrogen) atoms. The molecule has 5 nitrogen and oxygen atoms in total. The van der Waals surface area contributed by atoms with Crippen molar-refractivity contribution in [3.05, 3.63) is 18.1 Å². The summed E-state index contributed by atoms with van der Waals surface area (Å²) in [6.45, 7) is 8.27. The molecule has 0 aliphatic carbocycles. The Hall–Kier alpha value is -1.41. The van der Waals surface area contributed by atoms with E-state index in [2.05, 4.69) is 35.6 Å². The molecule has 0 spiro atoms. The molecule has 1 aromatic heterocycles. The summed E-state index contributed by atoms with van der Waals surface area (Å²) in [6.07, 6.45) is 1.54. The number of hydrogen-bond acceptors (Lipinski definition) is 5. The van der Waals surface area contributed by atoms with Gasteiger partial charge in [0.25, 0.3) is 0 Å². The fraction of sp³-hybridized carbons (Fsp3) is 0.778. The normalized spacial score (nSPS) is 26.9. The predicted octanol–water partition coefficient (Wildman–Crippen LogP) is 3.69. The SMILES string of the molecule is CC(C)(C)OC[C@@]12CCCN1[C@H](COc1cnc(C(F)(F)F)cn1)CC2. The van der Waals surface area contributed by atoms with Crippen LogP contribution in [0.2, 0.25) is 0 Å². The van der Waals surface area contributed by atoms with Crippen LogP contribution < -0.4 is 4.74 Å². The van der Waals surface area contributed by atoms with Gasteiger partial charge >= 0.3 is 6.18 Å². The molecule has 0 amide bonds. The summed E-state index contributed by atoms with van der Waals surface area (Å²) < 4.78 is 49.3. The second-order valence-corrected chi connectivity index (χ2v) is 8.16. The topological polar surface area (TPSA) is 47.5 Å². The Balaban J connectivity index is 1.58. The van der Waals surface area contributed by atoms with Crippen LogP contribution in [0.5, 0.6) is 5.88 Å². The van der Waals surface area contributed by atoms with Gasteiger partial charge in [-0.2, -0.15) is 13.2 Å². The lowest BCUT2D eigenvalue weighted by Crippen LogP contribution is -2.48. The molecule has 1 aromatic rings. The molecule has 146 valence electrons. The first-order valence-electron chi connectivity index (χ1n) is 9.02. The molecular weight excluding hydrogens is 347 g/mol. The molecule has 3 heterocycles. The maximum absolute atomic E-state index is 12.5. The molecule has 2 saturated heterocycles. The molecular formula is C18H26F3N3O2. The van der Waals surface area contributed by atoms with Gasteiger partial charge in [-0.3, -0.25) is 4.90 Å². The Morgan fingerprint density at radius 2 is 1.96 bits per heavy atom. The Morgan fingerprint density at radius 3 is 2.58 bits per heavy atom. The molecule has 0 radical (unpaired) electrons. The maximum atomic E-state index is 12.5. The standard InChI is InChI=1S/C18H26F3N3O2/c1-16(2,3)26-12-17-6-4-8-24(17)13(5-7-17)11-25-15-10-22-14(9-23-15)18(19,20)21/h9-10,13H,4-8,11-12H2,1-3H3/t13-,17-/m0/s1. The lowest BCUT2D eigenvalue weighted by Gasteiger charge is -2.37. The highest BCUT2D eigenvalue weighted by Gasteiger charge is 2.49. The molecule has 0 aromatic carbocycles. The number of fused-ring (bicyclic) bond motifs is 1. The molecule has 2 aliphatic rings. The minimum atomic E-state index is -4.49. The van der Waals surface area contributed by atoms with Crippen molar-refractivity contribution in [1.29, 1.82) is 0 Å². The predicted molar refractivity (Wildman–Crippen MR) is 89.9 cm³/mol. The summed E-state index contributed by atoms with van der Waals surface area (Å²) in [7, 11) is 0. The Kier molecular flexibility index (Phi) is 5.18. The Labute approximate surface area is 151 Å². The zero-order valence-corrected chi connectivity index (χ0v) is 15.5. The summed E-state index contributed by atoms with van der Waals surface area (Å²) >= 11 is 0. The van der Waals surface area contributed by atoms with Crippen molar-refractivity contribution < 1.29 is 22.6 Å². The van der Waals surface area contributed by atoms with Gasteiger partial charge in [-0.25, -0.2) is 9.97 Å². The monoisotopic (exact) mass is 373 g/mol. The zero-order chi connectivity index (χ0) is 19.0. The van der Waals surface area contributed by atoms with Crippen LogP contribution in [-0.2, 0) is 10.9 Å². The van der Waals surface area contributed by atoms with Gasteiger partial charge in [-0.05, 0) is 53.0 Å². The van der Waals surface area contributed by atoms with Crippen LogP contribution in [0.4, 0.5) is 13.2 Å². The Bertz CT molecular complexity index is 616. The lowest BCUT2D eigenvalue weighted by molar-refractivity contribution is -0.141. The maximum Gasteiger partial charge on any atom is 0.434 e. The fourth-order valence-electron chi connectivity index (χ4n) is 3.86. The minimum Gasteiger partial charge on any atom is -0.475 e. The number of hydrogen-bond donors (Lipinski definition) is 0. The highest BCUT2D eigenvalue weighted by atomic mass is 19.4. The third-order valence-electron chi connectivity index (χ3n) is 5.15. The minimum absolute atomic E-state index is 0.0626. The van der Waals surface area contributed by atoms with Gasteiger partial charge in [0.1, 0.15) is 6.61 Å². The number of rotatable bonds is 5. The zero-order valence-electron chi connectivity index (χ0n) is 15.5. The van der Waals surface area contributed by atoms with Crippen LogP contribution in [0.15, 0.2) is 12.4 Å². The van der Waals surface area contributed by atoms with Crippen molar-refractivity contribution in [2.24, 2.45) is 0 Å². The molecule has 3 rings (SSSR count). The van der Waals surface area contributed by atoms with Gasteiger partial charge in [0.2, 0.25) is 5.88 Å². The van der Waals surface area contributed by atoms with E-state index < -0.39 is 11.9 Å². The van der Waals surface area contributed by atoms with E-state index in [9.17, 15) is 13.2 Å². The third-order valence-corrected chi connectivity index (χ3v) is 5.15. The number of halogens is 3. The van der Waals surface area contributed by atoms with E-state index in [1.807, 2.05) is 0 Å². The molecule has 0 bridgehead atoms. The number of nitrogens with zero attached hydrogens (tertiary/aromatic N) is 3. The summed E-state index contributed by atoms with van der Waals surface area (Å²) in [5.74, 6) is 0.126. The largest absolute Gasteiger partial charge is 0.475 e. The highest BCUT2D eigenvalue weighted by molar-refractivity contribution is 5.10. The highest BCUT2D eigenvalue weighted by Crippen LogP contribution is 2.43. The summed E-state index contributed by atoms with van der Waals surface area (Å²) in [6, 6.07) is 0.227. The van der Waals surface area contributed by atoms with E-state index in [1.54, 1.807) is 0 Å². The average molecular weight is 373 g/mol. The average Bonchev–Trinajstić information content (AvgIpc) is 3.09. The fourth-order valence-corrected chi connectivity index (χ4v) is 3.86. The lowest BCUT2D eigenvalue weighted by atomic mass is 9.95. The van der Waals surface area contributed by atoms with Gasteiger partial charge in [0.05, 0.1) is 24.6 Å². The first-order chi connectivity index (χ1) is 12.1. The van der Waals surface area contributed by atoms with Crippen molar-refractivity contribution in [2.45, 2.75) is 69.8 Å². The van der Waals surface area contributed by atoms with Crippen molar-refractivity contribution in [2.75, 3.05) is 19.8 Å². The Morgan fingerprint density at radius 1 is 1.19 bits per heavy atom. The van der Waals surface area contributed by atoms with E-state index >= 15 is 0 Å². The van der Waals surface area contributed by atoms with Gasteiger partial charge in [0.15, 0.2) is 5.69 Å². The van der Waals surface area contributed by atoms with Crippen LogP contribution in [0, 0.1) is 0 Å². The van der Waals surface area contributed by atoms with Gasteiger partial charge in [0, 0.05) is 11.6 Å². The van der Waals surface area contributed by atoms with Crippen molar-refractivity contribution >= 4 is 0 Å². The first kappa shape index (κ1) is 19.4. The van der Waals surface area contributed by atoms with Crippen LogP contribution in [0.3, 0.4) is 0 Å². The summed E-state index contributed by atoms with van der Waals surface area (Å²) in [5, 5.41) is 0. The quantitative estimate of drug-likeness (QED) is 0.788. The molecule has 0 unspecified atom stereocenters. The van der Waals surface area contributed by atoms with E-state index in [1.165, 1.54) is 0 Å². The number of alkyl halides is 3. The van der Waals surface area contributed by atoms with Crippen molar-refractivity contribution in [3.8, 4) is 5.88 Å². The third kappa shape index (κ3) is 4.28. The van der Waals surface area contributed by atoms with Crippen LogP contribution in [-0.4, -0.2) is 51.8 Å². The van der Waals surface area contributed by atoms with Crippen LogP contribution in [0.25, 0.3) is 0 Å². The second-order valence-electron chi connectivity index (χ2n) is 8.16. The van der Waals surface area contributed by atoms with Gasteiger partial charge in [-0.15, -0.1) is 0 Å². The summed E-state index contributed by atoms with van der Waals surface area (Å²) in [5.41, 5.74) is -1.12. The van der Waals surface area contributed by atoms with Gasteiger partial charge < -0.3 is 9.47 Å².